The molecule has 2 amide bonds. The summed E-state index contributed by atoms with van der Waals surface area (Å²) in [5, 5.41) is 0. The third kappa shape index (κ3) is 6.04. The Labute approximate surface area is 248 Å². The van der Waals surface area contributed by atoms with Gasteiger partial charge in [-0.25, -0.2) is 14.8 Å². The van der Waals surface area contributed by atoms with E-state index < -0.39 is 34.9 Å². The highest BCUT2D eigenvalue weighted by molar-refractivity contribution is 5.82. The Bertz CT molecular complexity index is 1500. The van der Waals surface area contributed by atoms with Gasteiger partial charge in [0.15, 0.2) is 0 Å². The summed E-state index contributed by atoms with van der Waals surface area (Å²) in [5.74, 6) is -0.777. The number of hydrogen-bond acceptors (Lipinski definition) is 8. The van der Waals surface area contributed by atoms with E-state index in [-0.39, 0.29) is 30.8 Å². The maximum absolute atomic E-state index is 14.0. The lowest BCUT2D eigenvalue weighted by Gasteiger charge is -2.45. The van der Waals surface area contributed by atoms with Crippen molar-refractivity contribution in [3.63, 3.8) is 0 Å². The van der Waals surface area contributed by atoms with E-state index in [1.54, 1.807) is 48.7 Å². The number of carbonyl (C=O) groups is 2. The van der Waals surface area contributed by atoms with Crippen LogP contribution in [0.5, 0.6) is 0 Å². The zero-order chi connectivity index (χ0) is 31.3. The van der Waals surface area contributed by atoms with Crippen molar-refractivity contribution in [2.45, 2.75) is 51.9 Å². The number of aromatic nitrogens is 4. The fourth-order valence-electron chi connectivity index (χ4n) is 5.29. The summed E-state index contributed by atoms with van der Waals surface area (Å²) in [7, 11) is 1.70. The molecule has 232 valence electrons. The zero-order valence-corrected chi connectivity index (χ0v) is 25.2. The Morgan fingerprint density at radius 1 is 0.953 bits per heavy atom. The van der Waals surface area contributed by atoms with Crippen molar-refractivity contribution < 1.29 is 27.5 Å². The first kappa shape index (κ1) is 30.4. The average molecular weight is 603 g/mol. The van der Waals surface area contributed by atoms with Gasteiger partial charge in [-0.15, -0.1) is 0 Å². The highest BCUT2D eigenvalue weighted by Crippen LogP contribution is 2.39. The second-order valence-corrected chi connectivity index (χ2v) is 12.5. The average Bonchev–Trinajstić information content (AvgIpc) is 3.35. The molecule has 5 rings (SSSR count). The number of piperazine rings is 1. The van der Waals surface area contributed by atoms with Crippen LogP contribution in [0.4, 0.5) is 29.7 Å². The second-order valence-electron chi connectivity index (χ2n) is 12.5. The number of anilines is 2. The van der Waals surface area contributed by atoms with E-state index in [0.717, 1.165) is 17.5 Å². The lowest BCUT2D eigenvalue weighted by molar-refractivity contribution is -0.140. The monoisotopic (exact) mass is 602 g/mol. The number of carbonyl (C=O) groups excluding carboxylic acids is 2. The number of alkyl halides is 3. The van der Waals surface area contributed by atoms with Gasteiger partial charge in [0.05, 0.1) is 23.3 Å². The molecule has 3 aromatic rings. The quantitative estimate of drug-likeness (QED) is 0.432. The normalized spacial score (nSPS) is 16.8. The molecule has 2 fully saturated rings. The Kier molecular flexibility index (Phi) is 7.68. The van der Waals surface area contributed by atoms with Gasteiger partial charge in [-0.1, -0.05) is 6.07 Å². The zero-order valence-electron chi connectivity index (χ0n) is 25.2. The van der Waals surface area contributed by atoms with Crippen molar-refractivity contribution in [3.8, 4) is 0 Å². The molecule has 0 aliphatic carbocycles. The predicted molar refractivity (Wildman–Crippen MR) is 154 cm³/mol. The minimum Gasteiger partial charge on any atom is -0.444 e. The maximum Gasteiger partial charge on any atom is 0.421 e. The predicted octanol–water partition coefficient (Wildman–Crippen LogP) is 4.03. The molecule has 0 bridgehead atoms. The number of ether oxygens (including phenoxy) is 1. The maximum atomic E-state index is 14.0. The van der Waals surface area contributed by atoms with Crippen molar-refractivity contribution in [1.29, 1.82) is 0 Å². The van der Waals surface area contributed by atoms with Crippen molar-refractivity contribution in [3.05, 3.63) is 48.0 Å². The van der Waals surface area contributed by atoms with E-state index in [2.05, 4.69) is 15.0 Å². The van der Waals surface area contributed by atoms with Gasteiger partial charge < -0.3 is 28.7 Å². The molecule has 0 aromatic carbocycles. The number of hydrogen-bond donors (Lipinski definition) is 0. The summed E-state index contributed by atoms with van der Waals surface area (Å²) in [4.78, 5) is 45.1. The fraction of sp³-hybridized carbons (Fsp3) is 0.552. The van der Waals surface area contributed by atoms with Gasteiger partial charge in [-0.05, 0) is 46.8 Å². The molecular weight excluding hydrogens is 565 g/mol. The lowest BCUT2D eigenvalue weighted by atomic mass is 9.93. The van der Waals surface area contributed by atoms with Crippen LogP contribution in [0.3, 0.4) is 0 Å². The van der Waals surface area contributed by atoms with E-state index in [1.165, 1.54) is 4.90 Å². The van der Waals surface area contributed by atoms with Crippen LogP contribution < -0.4 is 9.80 Å². The molecule has 14 heteroatoms. The van der Waals surface area contributed by atoms with Gasteiger partial charge in [-0.2, -0.15) is 18.2 Å². The highest BCUT2D eigenvalue weighted by Gasteiger charge is 2.44. The molecule has 2 aliphatic rings. The fourth-order valence-corrected chi connectivity index (χ4v) is 5.29. The SMILES string of the molecule is CN(C(=O)C1CN(c2nc(N3CCN(C(=O)OC(C)(C)C)CC3)ncc2C(F)(F)F)C1)C(C)(C)c1cnc2ccccn12. The van der Waals surface area contributed by atoms with Crippen molar-refractivity contribution >= 4 is 29.4 Å². The summed E-state index contributed by atoms with van der Waals surface area (Å²) in [6, 6.07) is 5.64. The van der Waals surface area contributed by atoms with E-state index in [1.807, 2.05) is 42.6 Å². The summed E-state index contributed by atoms with van der Waals surface area (Å²) in [6.45, 7) is 10.7. The topological polar surface area (TPSA) is 99.4 Å². The minimum absolute atomic E-state index is 0.0956. The van der Waals surface area contributed by atoms with Gasteiger partial charge in [0.25, 0.3) is 0 Å². The number of imidazole rings is 1. The lowest BCUT2D eigenvalue weighted by Crippen LogP contribution is -2.57. The van der Waals surface area contributed by atoms with Gasteiger partial charge >= 0.3 is 12.3 Å². The highest BCUT2D eigenvalue weighted by atomic mass is 19.4. The molecule has 5 heterocycles. The second kappa shape index (κ2) is 10.9. The van der Waals surface area contributed by atoms with Crippen LogP contribution in [0.2, 0.25) is 0 Å². The van der Waals surface area contributed by atoms with Crippen LogP contribution in [0.15, 0.2) is 36.8 Å². The number of fused-ring (bicyclic) bond motifs is 1. The van der Waals surface area contributed by atoms with Gasteiger partial charge in [0.2, 0.25) is 11.9 Å². The number of amides is 2. The smallest absolute Gasteiger partial charge is 0.421 e. The van der Waals surface area contributed by atoms with E-state index in [4.69, 9.17) is 4.74 Å². The van der Waals surface area contributed by atoms with Crippen LogP contribution in [0.25, 0.3) is 5.65 Å². The number of nitrogens with zero attached hydrogens (tertiary/aromatic N) is 8. The summed E-state index contributed by atoms with van der Waals surface area (Å²) < 4.78 is 49.3. The molecule has 11 nitrogen and oxygen atoms in total. The molecular formula is C29H37F3N8O3. The Hall–Kier alpha value is -4.10. The van der Waals surface area contributed by atoms with Crippen LogP contribution in [-0.2, 0) is 21.2 Å². The third-order valence-corrected chi connectivity index (χ3v) is 8.02. The number of rotatable bonds is 5. The van der Waals surface area contributed by atoms with Crippen LogP contribution >= 0.6 is 0 Å². The molecule has 0 unspecified atom stereocenters. The Morgan fingerprint density at radius 2 is 1.63 bits per heavy atom. The molecule has 2 saturated heterocycles. The van der Waals surface area contributed by atoms with Gasteiger partial charge in [0.1, 0.15) is 22.6 Å². The molecule has 43 heavy (non-hydrogen) atoms. The molecule has 0 spiro atoms. The van der Waals surface area contributed by atoms with Crippen molar-refractivity contribution in [2.24, 2.45) is 5.92 Å². The standard InChI is InChI=1S/C29H37F3N8O3/c1-27(2,3)43-26(42)38-13-11-37(12-14-38)25-34-15-20(29(30,31)32)23(35-25)39-17-19(18-39)24(41)36(6)28(4,5)21-16-33-22-9-7-8-10-40(21)22/h7-10,15-16,19H,11-14,17-18H2,1-6H3. The Balaban J connectivity index is 1.28. The van der Waals surface area contributed by atoms with E-state index in [9.17, 15) is 22.8 Å². The molecule has 2 aliphatic heterocycles. The van der Waals surface area contributed by atoms with Gasteiger partial charge in [0, 0.05) is 58.7 Å². The van der Waals surface area contributed by atoms with Crippen molar-refractivity contribution in [1.82, 2.24) is 29.2 Å². The largest absolute Gasteiger partial charge is 0.444 e. The first-order valence-electron chi connectivity index (χ1n) is 14.2. The number of pyridine rings is 1. The molecule has 0 radical (unpaired) electrons. The molecule has 0 N–H and O–H groups in total. The molecule has 3 aromatic heterocycles. The summed E-state index contributed by atoms with van der Waals surface area (Å²) in [6.07, 6.45) is -0.692. The van der Waals surface area contributed by atoms with E-state index >= 15 is 0 Å². The third-order valence-electron chi connectivity index (χ3n) is 8.02. The van der Waals surface area contributed by atoms with Crippen molar-refractivity contribution in [2.75, 3.05) is 56.1 Å². The molecule has 0 saturated carbocycles. The summed E-state index contributed by atoms with van der Waals surface area (Å²) >= 11 is 0. The first-order valence-corrected chi connectivity index (χ1v) is 14.2. The molecule has 0 atom stereocenters. The minimum atomic E-state index is -4.67. The first-order chi connectivity index (χ1) is 20.1. The Morgan fingerprint density at radius 3 is 2.26 bits per heavy atom. The van der Waals surface area contributed by atoms with Crippen LogP contribution in [0.1, 0.15) is 45.9 Å². The van der Waals surface area contributed by atoms with E-state index in [0.29, 0.717) is 26.2 Å². The summed E-state index contributed by atoms with van der Waals surface area (Å²) in [5.41, 5.74) is -0.726. The van der Waals surface area contributed by atoms with Crippen LogP contribution in [0, 0.1) is 5.92 Å². The van der Waals surface area contributed by atoms with Gasteiger partial charge in [-0.3, -0.25) is 4.79 Å². The van der Waals surface area contributed by atoms with Crippen LogP contribution in [-0.4, -0.2) is 93.1 Å². The number of halogens is 3.